The van der Waals surface area contributed by atoms with Crippen molar-refractivity contribution in [2.75, 3.05) is 6.54 Å². The molecule has 0 bridgehead atoms. The van der Waals surface area contributed by atoms with E-state index < -0.39 is 0 Å². The van der Waals surface area contributed by atoms with Crippen molar-refractivity contribution in [1.29, 1.82) is 0 Å². The number of alkyl halides is 1. The fourth-order valence-corrected chi connectivity index (χ4v) is 2.15. The van der Waals surface area contributed by atoms with Crippen molar-refractivity contribution in [2.24, 2.45) is 5.92 Å². The van der Waals surface area contributed by atoms with Gasteiger partial charge in [0.2, 0.25) is 0 Å². The molecule has 1 N–H and O–H groups in total. The molecule has 0 saturated carbocycles. The lowest BCUT2D eigenvalue weighted by Gasteiger charge is -2.12. The van der Waals surface area contributed by atoms with Crippen LogP contribution >= 0.6 is 11.6 Å². The smallest absolute Gasteiger partial charge is 0.0463 e. The van der Waals surface area contributed by atoms with Gasteiger partial charge in [0, 0.05) is 30.9 Å². The van der Waals surface area contributed by atoms with E-state index in [-0.39, 0.29) is 5.38 Å². The van der Waals surface area contributed by atoms with Gasteiger partial charge in [-0.1, -0.05) is 19.9 Å². The molecular formula is C13H21ClN2. The van der Waals surface area contributed by atoms with Crippen LogP contribution in [-0.4, -0.2) is 16.9 Å². The molecule has 0 amide bonds. The Morgan fingerprint density at radius 2 is 2.12 bits per heavy atom. The zero-order valence-electron chi connectivity index (χ0n) is 10.3. The Morgan fingerprint density at radius 3 is 2.75 bits per heavy atom. The first-order valence-electron chi connectivity index (χ1n) is 5.83. The molecule has 1 heterocycles. The number of aryl methyl sites for hydroxylation is 1. The van der Waals surface area contributed by atoms with Gasteiger partial charge in [-0.2, -0.15) is 0 Å². The Balaban J connectivity index is 2.25. The summed E-state index contributed by atoms with van der Waals surface area (Å²) in [6, 6.07) is 2.14. The molecule has 0 aliphatic heterocycles. The fourth-order valence-electron chi connectivity index (χ4n) is 1.68. The topological polar surface area (TPSA) is 24.9 Å². The number of nitrogens with zero attached hydrogens (tertiary/aromatic N) is 1. The highest BCUT2D eigenvalue weighted by Crippen LogP contribution is 2.09. The fraction of sp³-hybridized carbons (Fsp3) is 0.615. The number of nitrogens with one attached hydrogen (secondary N) is 1. The summed E-state index contributed by atoms with van der Waals surface area (Å²) in [7, 11) is 0. The minimum atomic E-state index is 0.220. The molecule has 0 aromatic carbocycles. The van der Waals surface area contributed by atoms with Crippen LogP contribution in [0.4, 0.5) is 0 Å². The highest BCUT2D eigenvalue weighted by Gasteiger charge is 2.06. The summed E-state index contributed by atoms with van der Waals surface area (Å²) < 4.78 is 0. The third-order valence-corrected chi connectivity index (χ3v) is 2.69. The van der Waals surface area contributed by atoms with Crippen LogP contribution in [0.25, 0.3) is 0 Å². The molecule has 0 saturated heterocycles. The zero-order valence-corrected chi connectivity index (χ0v) is 11.1. The highest BCUT2D eigenvalue weighted by atomic mass is 35.5. The average molecular weight is 241 g/mol. The Morgan fingerprint density at radius 1 is 1.38 bits per heavy atom. The van der Waals surface area contributed by atoms with E-state index in [1.165, 1.54) is 11.1 Å². The van der Waals surface area contributed by atoms with Gasteiger partial charge < -0.3 is 5.32 Å². The van der Waals surface area contributed by atoms with Crippen LogP contribution in [-0.2, 0) is 6.54 Å². The Hall–Kier alpha value is -0.600. The van der Waals surface area contributed by atoms with Crippen LogP contribution in [0.1, 0.15) is 31.4 Å². The Labute approximate surface area is 103 Å². The van der Waals surface area contributed by atoms with Gasteiger partial charge in [0.25, 0.3) is 0 Å². The molecule has 0 spiro atoms. The minimum Gasteiger partial charge on any atom is -0.311 e. The number of hydrogen-bond donors (Lipinski definition) is 1. The van der Waals surface area contributed by atoms with Crippen LogP contribution in [0, 0.1) is 12.8 Å². The van der Waals surface area contributed by atoms with Gasteiger partial charge in [0.1, 0.15) is 0 Å². The number of rotatable bonds is 6. The van der Waals surface area contributed by atoms with Crippen molar-refractivity contribution in [3.8, 4) is 0 Å². The molecule has 0 radical (unpaired) electrons. The van der Waals surface area contributed by atoms with E-state index in [1.54, 1.807) is 0 Å². The number of aromatic nitrogens is 1. The van der Waals surface area contributed by atoms with E-state index >= 15 is 0 Å². The summed E-state index contributed by atoms with van der Waals surface area (Å²) in [6.45, 7) is 8.14. The Bertz CT molecular complexity index is 313. The van der Waals surface area contributed by atoms with E-state index in [1.807, 2.05) is 12.4 Å². The molecule has 2 nitrogen and oxygen atoms in total. The molecule has 16 heavy (non-hydrogen) atoms. The van der Waals surface area contributed by atoms with Gasteiger partial charge in [-0.25, -0.2) is 0 Å². The second-order valence-electron chi connectivity index (χ2n) is 4.73. The molecule has 3 heteroatoms. The summed E-state index contributed by atoms with van der Waals surface area (Å²) in [5, 5.41) is 3.58. The predicted octanol–water partition coefficient (Wildman–Crippen LogP) is 3.13. The second kappa shape index (κ2) is 6.87. The van der Waals surface area contributed by atoms with Crippen LogP contribution in [0.3, 0.4) is 0 Å². The summed E-state index contributed by atoms with van der Waals surface area (Å²) in [6.07, 6.45) is 4.82. The first kappa shape index (κ1) is 13.5. The Kier molecular flexibility index (Phi) is 5.78. The molecule has 1 atom stereocenters. The van der Waals surface area contributed by atoms with Crippen molar-refractivity contribution in [1.82, 2.24) is 10.3 Å². The van der Waals surface area contributed by atoms with Crippen LogP contribution in [0.5, 0.6) is 0 Å². The van der Waals surface area contributed by atoms with Crippen molar-refractivity contribution in [3.05, 3.63) is 29.6 Å². The van der Waals surface area contributed by atoms with Gasteiger partial charge in [0.15, 0.2) is 0 Å². The first-order valence-corrected chi connectivity index (χ1v) is 6.27. The van der Waals surface area contributed by atoms with E-state index in [2.05, 4.69) is 37.1 Å². The average Bonchev–Trinajstić information content (AvgIpc) is 2.16. The lowest BCUT2D eigenvalue weighted by Crippen LogP contribution is -2.24. The van der Waals surface area contributed by atoms with E-state index in [0.717, 1.165) is 19.5 Å². The maximum absolute atomic E-state index is 6.20. The maximum Gasteiger partial charge on any atom is 0.0463 e. The van der Waals surface area contributed by atoms with Crippen molar-refractivity contribution in [2.45, 2.75) is 39.1 Å². The highest BCUT2D eigenvalue weighted by molar-refractivity contribution is 6.20. The summed E-state index contributed by atoms with van der Waals surface area (Å²) in [5.74, 6) is 0.657. The molecule has 1 unspecified atom stereocenters. The molecule has 0 aliphatic rings. The van der Waals surface area contributed by atoms with Gasteiger partial charge in [-0.15, -0.1) is 11.6 Å². The van der Waals surface area contributed by atoms with Crippen molar-refractivity contribution >= 4 is 11.6 Å². The van der Waals surface area contributed by atoms with Crippen LogP contribution in [0.2, 0.25) is 0 Å². The molecule has 90 valence electrons. The standard InChI is InChI=1S/C13H21ClN2/c1-10(2)4-13(14)9-16-8-12-5-11(3)6-15-7-12/h5-7,10,13,16H,4,8-9H2,1-3H3. The van der Waals surface area contributed by atoms with Gasteiger partial charge >= 0.3 is 0 Å². The molecule has 1 aromatic heterocycles. The summed E-state index contributed by atoms with van der Waals surface area (Å²) in [4.78, 5) is 4.16. The van der Waals surface area contributed by atoms with Gasteiger partial charge in [-0.3, -0.25) is 4.98 Å². The monoisotopic (exact) mass is 240 g/mol. The third-order valence-electron chi connectivity index (χ3n) is 2.35. The largest absolute Gasteiger partial charge is 0.311 e. The van der Waals surface area contributed by atoms with Gasteiger partial charge in [0.05, 0.1) is 0 Å². The first-order chi connectivity index (χ1) is 7.58. The summed E-state index contributed by atoms with van der Waals surface area (Å²) >= 11 is 6.20. The van der Waals surface area contributed by atoms with Crippen LogP contribution < -0.4 is 5.32 Å². The quantitative estimate of drug-likeness (QED) is 0.773. The van der Waals surface area contributed by atoms with Crippen LogP contribution in [0.15, 0.2) is 18.5 Å². The SMILES string of the molecule is Cc1cncc(CNCC(Cl)CC(C)C)c1. The third kappa shape index (κ3) is 5.47. The van der Waals surface area contributed by atoms with E-state index in [9.17, 15) is 0 Å². The zero-order chi connectivity index (χ0) is 12.0. The lowest BCUT2D eigenvalue weighted by molar-refractivity contribution is 0.533. The van der Waals surface area contributed by atoms with E-state index in [4.69, 9.17) is 11.6 Å². The van der Waals surface area contributed by atoms with Crippen molar-refractivity contribution in [3.63, 3.8) is 0 Å². The normalized spacial score (nSPS) is 13.1. The van der Waals surface area contributed by atoms with Crippen molar-refractivity contribution < 1.29 is 0 Å². The number of hydrogen-bond acceptors (Lipinski definition) is 2. The predicted molar refractivity (Wildman–Crippen MR) is 69.8 cm³/mol. The number of halogens is 1. The molecule has 1 rings (SSSR count). The lowest BCUT2D eigenvalue weighted by atomic mass is 10.1. The maximum atomic E-state index is 6.20. The molecule has 0 aliphatic carbocycles. The van der Waals surface area contributed by atoms with Gasteiger partial charge in [-0.05, 0) is 30.4 Å². The van der Waals surface area contributed by atoms with E-state index in [0.29, 0.717) is 5.92 Å². The molecule has 1 aromatic rings. The molecule has 0 fully saturated rings. The second-order valence-corrected chi connectivity index (χ2v) is 5.35. The minimum absolute atomic E-state index is 0.220. The summed E-state index contributed by atoms with van der Waals surface area (Å²) in [5.41, 5.74) is 2.41. The number of pyridine rings is 1. The molecular weight excluding hydrogens is 220 g/mol.